The van der Waals surface area contributed by atoms with Crippen molar-refractivity contribution in [1.29, 1.82) is 5.26 Å². The second-order valence-corrected chi connectivity index (χ2v) is 6.43. The largest absolute Gasteiger partial charge is 0.493 e. The summed E-state index contributed by atoms with van der Waals surface area (Å²) in [7, 11) is 1.56. The maximum atomic E-state index is 12.1. The molecule has 0 atom stereocenters. The van der Waals surface area contributed by atoms with E-state index in [0.29, 0.717) is 48.1 Å². The molecular weight excluding hydrogens is 368 g/mol. The van der Waals surface area contributed by atoms with Gasteiger partial charge in [-0.2, -0.15) is 5.26 Å². The molecule has 148 valence electrons. The Balaban J connectivity index is 1.73. The van der Waals surface area contributed by atoms with Crippen molar-refractivity contribution < 1.29 is 14.2 Å². The van der Waals surface area contributed by atoms with Crippen LogP contribution >= 0.6 is 0 Å². The number of methoxy groups -OCH3 is 1. The summed E-state index contributed by atoms with van der Waals surface area (Å²) < 4.78 is 16.9. The van der Waals surface area contributed by atoms with Crippen molar-refractivity contribution in [2.75, 3.05) is 20.3 Å². The number of hydrogen-bond acceptors (Lipinski definition) is 5. The lowest BCUT2D eigenvalue weighted by atomic mass is 10.0. The van der Waals surface area contributed by atoms with E-state index in [1.165, 1.54) is 0 Å². The molecule has 0 bridgehead atoms. The number of aromatic nitrogens is 1. The van der Waals surface area contributed by atoms with Crippen LogP contribution < -0.4 is 15.0 Å². The summed E-state index contributed by atoms with van der Waals surface area (Å²) >= 11 is 0. The molecule has 6 nitrogen and oxygen atoms in total. The minimum absolute atomic E-state index is 0.0675. The number of pyridine rings is 1. The van der Waals surface area contributed by atoms with E-state index in [1.54, 1.807) is 38.3 Å². The van der Waals surface area contributed by atoms with Gasteiger partial charge in [-0.25, -0.2) is 0 Å². The van der Waals surface area contributed by atoms with Crippen molar-refractivity contribution in [2.45, 2.75) is 13.5 Å². The van der Waals surface area contributed by atoms with E-state index < -0.39 is 5.56 Å². The Morgan fingerprint density at radius 2 is 1.83 bits per heavy atom. The number of aromatic amines is 1. The van der Waals surface area contributed by atoms with Crippen LogP contribution in [0, 0.1) is 18.3 Å². The molecule has 0 radical (unpaired) electrons. The van der Waals surface area contributed by atoms with Crippen LogP contribution in [0.1, 0.15) is 16.8 Å². The number of nitrogens with zero attached hydrogens (tertiary/aromatic N) is 1. The number of nitriles is 1. The Morgan fingerprint density at radius 1 is 1.03 bits per heavy atom. The fourth-order valence-electron chi connectivity index (χ4n) is 2.96. The van der Waals surface area contributed by atoms with Crippen molar-refractivity contribution in [3.8, 4) is 28.7 Å². The number of ether oxygens (including phenoxy) is 3. The first-order valence-electron chi connectivity index (χ1n) is 9.19. The van der Waals surface area contributed by atoms with Crippen LogP contribution in [-0.2, 0) is 11.3 Å². The lowest BCUT2D eigenvalue weighted by Gasteiger charge is -2.13. The van der Waals surface area contributed by atoms with Crippen molar-refractivity contribution in [3.63, 3.8) is 0 Å². The Labute approximate surface area is 169 Å². The van der Waals surface area contributed by atoms with E-state index in [2.05, 4.69) is 4.98 Å². The molecule has 3 aromatic rings. The van der Waals surface area contributed by atoms with Gasteiger partial charge < -0.3 is 19.2 Å². The van der Waals surface area contributed by atoms with E-state index in [4.69, 9.17) is 14.2 Å². The first kappa shape index (κ1) is 20.2. The van der Waals surface area contributed by atoms with Gasteiger partial charge in [-0.1, -0.05) is 36.4 Å². The van der Waals surface area contributed by atoms with Crippen LogP contribution in [0.3, 0.4) is 0 Å². The predicted molar refractivity (Wildman–Crippen MR) is 110 cm³/mol. The van der Waals surface area contributed by atoms with Gasteiger partial charge in [0.25, 0.3) is 5.56 Å². The van der Waals surface area contributed by atoms with Crippen LogP contribution in [0.4, 0.5) is 0 Å². The number of hydrogen-bond donors (Lipinski definition) is 1. The fourth-order valence-corrected chi connectivity index (χ4v) is 2.96. The Bertz CT molecular complexity index is 1070. The number of rotatable bonds is 8. The zero-order valence-electron chi connectivity index (χ0n) is 16.4. The highest BCUT2D eigenvalue weighted by atomic mass is 16.5. The minimum atomic E-state index is -0.407. The Kier molecular flexibility index (Phi) is 6.67. The van der Waals surface area contributed by atoms with Crippen molar-refractivity contribution in [1.82, 2.24) is 4.98 Å². The second kappa shape index (κ2) is 9.58. The molecule has 6 heteroatoms. The summed E-state index contributed by atoms with van der Waals surface area (Å²) in [5.41, 5.74) is 2.70. The monoisotopic (exact) mass is 390 g/mol. The van der Waals surface area contributed by atoms with Gasteiger partial charge in [0.1, 0.15) is 18.2 Å². The zero-order chi connectivity index (χ0) is 20.6. The third-order valence-electron chi connectivity index (χ3n) is 4.35. The maximum absolute atomic E-state index is 12.1. The van der Waals surface area contributed by atoms with Crippen molar-refractivity contribution >= 4 is 0 Å². The molecule has 0 spiro atoms. The van der Waals surface area contributed by atoms with Crippen LogP contribution in [0.25, 0.3) is 11.1 Å². The highest BCUT2D eigenvalue weighted by Gasteiger charge is 2.13. The van der Waals surface area contributed by atoms with Gasteiger partial charge in [-0.15, -0.1) is 0 Å². The summed E-state index contributed by atoms with van der Waals surface area (Å²) in [6, 6.07) is 19.0. The normalized spacial score (nSPS) is 10.4. The summed E-state index contributed by atoms with van der Waals surface area (Å²) in [6.45, 7) is 3.04. The van der Waals surface area contributed by atoms with Gasteiger partial charge >= 0.3 is 0 Å². The molecule has 2 aromatic carbocycles. The van der Waals surface area contributed by atoms with Gasteiger partial charge in [0, 0.05) is 11.3 Å². The third-order valence-corrected chi connectivity index (χ3v) is 4.35. The first-order valence-corrected chi connectivity index (χ1v) is 9.19. The molecule has 1 heterocycles. The molecule has 0 fully saturated rings. The van der Waals surface area contributed by atoms with Gasteiger partial charge in [0.2, 0.25) is 0 Å². The Hall–Kier alpha value is -3.56. The molecule has 3 rings (SSSR count). The van der Waals surface area contributed by atoms with E-state index in [9.17, 15) is 10.1 Å². The molecule has 0 saturated carbocycles. The zero-order valence-corrected chi connectivity index (χ0v) is 16.4. The van der Waals surface area contributed by atoms with E-state index in [1.807, 2.05) is 36.4 Å². The molecule has 0 saturated heterocycles. The summed E-state index contributed by atoms with van der Waals surface area (Å²) in [5, 5.41) is 9.37. The fraction of sp³-hybridized carbons (Fsp3) is 0.217. The molecule has 0 amide bonds. The van der Waals surface area contributed by atoms with Crippen LogP contribution in [-0.4, -0.2) is 25.3 Å². The van der Waals surface area contributed by atoms with Crippen molar-refractivity contribution in [3.05, 3.63) is 81.8 Å². The standard InChI is InChI=1S/C23H22N2O4/c1-16-12-19(20(14-24)23(26)25-16)18-8-9-21(27-2)22(13-18)29-11-10-28-15-17-6-4-3-5-7-17/h3-9,12-13H,10-11,15H2,1-2H3,(H,25,26). The second-order valence-electron chi connectivity index (χ2n) is 6.43. The van der Waals surface area contributed by atoms with Crippen molar-refractivity contribution in [2.24, 2.45) is 0 Å². The third kappa shape index (κ3) is 5.03. The minimum Gasteiger partial charge on any atom is -0.493 e. The average molecular weight is 390 g/mol. The van der Waals surface area contributed by atoms with Gasteiger partial charge in [0.15, 0.2) is 11.5 Å². The van der Waals surface area contributed by atoms with Gasteiger partial charge in [-0.05, 0) is 36.2 Å². The van der Waals surface area contributed by atoms with Gasteiger partial charge in [-0.3, -0.25) is 4.79 Å². The molecule has 0 aliphatic heterocycles. The number of nitrogens with one attached hydrogen (secondary N) is 1. The summed E-state index contributed by atoms with van der Waals surface area (Å²) in [4.78, 5) is 14.7. The van der Waals surface area contributed by atoms with E-state index in [-0.39, 0.29) is 5.56 Å². The number of benzene rings is 2. The van der Waals surface area contributed by atoms with Crippen LogP contribution in [0.2, 0.25) is 0 Å². The van der Waals surface area contributed by atoms with Crippen LogP contribution in [0.5, 0.6) is 11.5 Å². The number of H-pyrrole nitrogens is 1. The maximum Gasteiger partial charge on any atom is 0.266 e. The highest BCUT2D eigenvalue weighted by molar-refractivity contribution is 5.72. The molecular formula is C23H22N2O4. The Morgan fingerprint density at radius 3 is 2.55 bits per heavy atom. The van der Waals surface area contributed by atoms with E-state index >= 15 is 0 Å². The lowest BCUT2D eigenvalue weighted by molar-refractivity contribution is 0.0880. The number of aryl methyl sites for hydroxylation is 1. The SMILES string of the molecule is COc1ccc(-c2cc(C)[nH]c(=O)c2C#N)cc1OCCOCc1ccccc1. The van der Waals surface area contributed by atoms with Gasteiger partial charge in [0.05, 0.1) is 20.3 Å². The lowest BCUT2D eigenvalue weighted by Crippen LogP contribution is -2.12. The predicted octanol–water partition coefficient (Wildman–Crippen LogP) is 3.83. The smallest absolute Gasteiger partial charge is 0.266 e. The molecule has 1 N–H and O–H groups in total. The molecule has 0 unspecified atom stereocenters. The average Bonchev–Trinajstić information content (AvgIpc) is 2.73. The molecule has 29 heavy (non-hydrogen) atoms. The highest BCUT2D eigenvalue weighted by Crippen LogP contribution is 2.33. The first-order chi connectivity index (χ1) is 14.1. The van der Waals surface area contributed by atoms with E-state index in [0.717, 1.165) is 5.56 Å². The van der Waals surface area contributed by atoms with Crippen LogP contribution in [0.15, 0.2) is 59.4 Å². The molecule has 0 aliphatic carbocycles. The molecule has 0 aliphatic rings. The quantitative estimate of drug-likeness (QED) is 0.591. The summed E-state index contributed by atoms with van der Waals surface area (Å²) in [6.07, 6.45) is 0. The topological polar surface area (TPSA) is 84.3 Å². The molecule has 1 aromatic heterocycles. The summed E-state index contributed by atoms with van der Waals surface area (Å²) in [5.74, 6) is 1.09.